The summed E-state index contributed by atoms with van der Waals surface area (Å²) in [5, 5.41) is 0. The number of benzene rings is 1. The highest BCUT2D eigenvalue weighted by atomic mass is 16.7. The van der Waals surface area contributed by atoms with Crippen LogP contribution in [0.25, 0.3) is 0 Å². The minimum Gasteiger partial charge on any atom is -0.464 e. The number of hydrogen-bond donors (Lipinski definition) is 0. The van der Waals surface area contributed by atoms with E-state index in [1.807, 2.05) is 49.4 Å². The summed E-state index contributed by atoms with van der Waals surface area (Å²) in [5.74, 6) is -0.811. The minimum absolute atomic E-state index is 0.0888. The number of methoxy groups -OCH3 is 1. The largest absolute Gasteiger partial charge is 0.464 e. The summed E-state index contributed by atoms with van der Waals surface area (Å²) in [6.45, 7) is 3.58. The van der Waals surface area contributed by atoms with Crippen molar-refractivity contribution in [1.82, 2.24) is 0 Å². The van der Waals surface area contributed by atoms with E-state index < -0.39 is 29.6 Å². The molecule has 1 aromatic carbocycles. The van der Waals surface area contributed by atoms with Gasteiger partial charge >= 0.3 is 5.97 Å². The molecule has 3 rings (SSSR count). The van der Waals surface area contributed by atoms with Gasteiger partial charge in [0.25, 0.3) is 5.60 Å². The van der Waals surface area contributed by atoms with Crippen LogP contribution in [0, 0.1) is 0 Å². The lowest BCUT2D eigenvalue weighted by Crippen LogP contribution is -2.54. The van der Waals surface area contributed by atoms with Crippen LogP contribution in [0.3, 0.4) is 0 Å². The fourth-order valence-electron chi connectivity index (χ4n) is 3.55. The van der Waals surface area contributed by atoms with Gasteiger partial charge in [-0.3, -0.25) is 4.79 Å². The average Bonchev–Trinajstić information content (AvgIpc) is 3.13. The van der Waals surface area contributed by atoms with Crippen LogP contribution in [0.15, 0.2) is 66.0 Å². The third-order valence-corrected chi connectivity index (χ3v) is 4.99. The normalized spacial score (nSPS) is 26.9. The molecule has 3 atom stereocenters. The molecule has 1 fully saturated rings. The first-order valence-corrected chi connectivity index (χ1v) is 9.68. The van der Waals surface area contributed by atoms with Crippen molar-refractivity contribution < 1.29 is 28.5 Å². The Morgan fingerprint density at radius 3 is 2.62 bits per heavy atom. The van der Waals surface area contributed by atoms with E-state index in [1.54, 1.807) is 19.1 Å². The molecular weight excluding hydrogens is 372 g/mol. The highest BCUT2D eigenvalue weighted by molar-refractivity contribution is 6.18. The topological polar surface area (TPSA) is 71.1 Å². The maximum absolute atomic E-state index is 13.2. The van der Waals surface area contributed by atoms with E-state index in [-0.39, 0.29) is 6.79 Å². The number of carbonyl (C=O) groups is 2. The molecule has 0 amide bonds. The second-order valence-corrected chi connectivity index (χ2v) is 6.98. The summed E-state index contributed by atoms with van der Waals surface area (Å²) < 4.78 is 22.4. The van der Waals surface area contributed by atoms with Gasteiger partial charge in [0.05, 0.1) is 0 Å². The molecule has 0 aromatic heterocycles. The van der Waals surface area contributed by atoms with Gasteiger partial charge in [0, 0.05) is 19.1 Å². The zero-order valence-electron chi connectivity index (χ0n) is 16.9. The molecule has 0 unspecified atom stereocenters. The lowest BCUT2D eigenvalue weighted by atomic mass is 9.87. The van der Waals surface area contributed by atoms with Crippen molar-refractivity contribution >= 4 is 11.8 Å². The van der Waals surface area contributed by atoms with E-state index in [9.17, 15) is 9.59 Å². The fourth-order valence-corrected chi connectivity index (χ4v) is 3.55. The van der Waals surface area contributed by atoms with Gasteiger partial charge in [0.2, 0.25) is 5.78 Å². The number of rotatable bonds is 8. The van der Waals surface area contributed by atoms with Crippen LogP contribution in [0.4, 0.5) is 0 Å². The predicted octanol–water partition coefficient (Wildman–Crippen LogP) is 3.28. The van der Waals surface area contributed by atoms with Gasteiger partial charge in [-0.2, -0.15) is 0 Å². The standard InChI is InChI=1S/C23H26O6/c1-4-5-6-10-13-18-16(2)20(24)23(29-18)21(27-15-26-3)19(28-22(23)25)14-17-11-8-7-9-12-17/h5-13,19,21H,4,14-15H2,1-3H3/b6-5+,13-10+/t19-,21+,23-/m1/s1. The Labute approximate surface area is 170 Å². The molecule has 0 radical (unpaired) electrons. The van der Waals surface area contributed by atoms with Gasteiger partial charge in [0.15, 0.2) is 6.10 Å². The molecule has 1 spiro atoms. The quantitative estimate of drug-likeness (QED) is 0.290. The Morgan fingerprint density at radius 2 is 1.93 bits per heavy atom. The molecule has 0 N–H and O–H groups in total. The Hall–Kier alpha value is -2.70. The van der Waals surface area contributed by atoms with Crippen molar-refractivity contribution in [2.75, 3.05) is 13.9 Å². The zero-order chi connectivity index (χ0) is 20.9. The monoisotopic (exact) mass is 398 g/mol. The van der Waals surface area contributed by atoms with Crippen LogP contribution in [0.2, 0.25) is 0 Å². The minimum atomic E-state index is -1.84. The summed E-state index contributed by atoms with van der Waals surface area (Å²) in [5.41, 5.74) is -0.501. The smallest absolute Gasteiger partial charge is 0.362 e. The lowest BCUT2D eigenvalue weighted by Gasteiger charge is -2.27. The van der Waals surface area contributed by atoms with Crippen molar-refractivity contribution in [2.24, 2.45) is 0 Å². The van der Waals surface area contributed by atoms with E-state index in [0.29, 0.717) is 17.8 Å². The van der Waals surface area contributed by atoms with Gasteiger partial charge in [-0.25, -0.2) is 4.79 Å². The van der Waals surface area contributed by atoms with Crippen LogP contribution in [-0.4, -0.2) is 43.5 Å². The third kappa shape index (κ3) is 4.04. The molecule has 0 aliphatic carbocycles. The molecule has 6 nitrogen and oxygen atoms in total. The third-order valence-electron chi connectivity index (χ3n) is 4.99. The first-order valence-electron chi connectivity index (χ1n) is 9.68. The van der Waals surface area contributed by atoms with Crippen LogP contribution in [0.1, 0.15) is 25.8 Å². The first kappa shape index (κ1) is 21.0. The van der Waals surface area contributed by atoms with Gasteiger partial charge in [-0.05, 0) is 25.0 Å². The van der Waals surface area contributed by atoms with Gasteiger partial charge in [-0.15, -0.1) is 0 Å². The Balaban J connectivity index is 1.89. The fraction of sp³-hybridized carbons (Fsp3) is 0.391. The van der Waals surface area contributed by atoms with Crippen LogP contribution >= 0.6 is 0 Å². The zero-order valence-corrected chi connectivity index (χ0v) is 16.9. The first-order chi connectivity index (χ1) is 14.0. The summed E-state index contributed by atoms with van der Waals surface area (Å²) in [6.07, 6.45) is 7.01. The van der Waals surface area contributed by atoms with E-state index in [4.69, 9.17) is 18.9 Å². The second kappa shape index (κ2) is 9.20. The molecular formula is C23H26O6. The number of Topliss-reactive ketones (excluding diaryl/α,β-unsaturated/α-hetero) is 1. The lowest BCUT2D eigenvalue weighted by molar-refractivity contribution is -0.169. The Morgan fingerprint density at radius 1 is 1.17 bits per heavy atom. The SMILES string of the molecule is CC/C=C/C=C/C1=C(C)C(=O)[C@]2(O1)C(=O)O[C@H](Cc1ccccc1)[C@@H]2OCOC. The van der Waals surface area contributed by atoms with E-state index >= 15 is 0 Å². The summed E-state index contributed by atoms with van der Waals surface area (Å²) in [6, 6.07) is 9.58. The maximum Gasteiger partial charge on any atom is 0.362 e. The van der Waals surface area contributed by atoms with E-state index in [0.717, 1.165) is 12.0 Å². The van der Waals surface area contributed by atoms with Crippen molar-refractivity contribution in [3.05, 3.63) is 71.5 Å². The Kier molecular flexibility index (Phi) is 6.67. The maximum atomic E-state index is 13.2. The number of hydrogen-bond acceptors (Lipinski definition) is 6. The van der Waals surface area contributed by atoms with Crippen molar-refractivity contribution in [3.8, 4) is 0 Å². The second-order valence-electron chi connectivity index (χ2n) is 6.98. The van der Waals surface area contributed by atoms with Crippen molar-refractivity contribution in [3.63, 3.8) is 0 Å². The van der Waals surface area contributed by atoms with E-state index in [2.05, 4.69) is 0 Å². The highest BCUT2D eigenvalue weighted by Crippen LogP contribution is 2.43. The molecule has 2 heterocycles. The number of esters is 1. The number of cyclic esters (lactones) is 1. The summed E-state index contributed by atoms with van der Waals surface area (Å²) in [4.78, 5) is 26.1. The van der Waals surface area contributed by atoms with Gasteiger partial charge < -0.3 is 18.9 Å². The number of allylic oxidation sites excluding steroid dienone is 4. The molecule has 6 heteroatoms. The van der Waals surface area contributed by atoms with E-state index in [1.165, 1.54) is 7.11 Å². The molecule has 2 aliphatic rings. The van der Waals surface area contributed by atoms with Gasteiger partial charge in [-0.1, -0.05) is 55.5 Å². The summed E-state index contributed by atoms with van der Waals surface area (Å²) in [7, 11) is 1.48. The van der Waals surface area contributed by atoms with Crippen molar-refractivity contribution in [1.29, 1.82) is 0 Å². The average molecular weight is 398 g/mol. The highest BCUT2D eigenvalue weighted by Gasteiger charge is 2.68. The number of ether oxygens (including phenoxy) is 4. The molecule has 2 aliphatic heterocycles. The molecule has 0 saturated carbocycles. The molecule has 1 saturated heterocycles. The van der Waals surface area contributed by atoms with Crippen LogP contribution in [0.5, 0.6) is 0 Å². The van der Waals surface area contributed by atoms with Crippen LogP contribution in [-0.2, 0) is 35.0 Å². The van der Waals surface area contributed by atoms with Crippen LogP contribution < -0.4 is 0 Å². The predicted molar refractivity (Wildman–Crippen MR) is 107 cm³/mol. The number of carbonyl (C=O) groups excluding carboxylic acids is 2. The molecule has 0 bridgehead atoms. The molecule has 29 heavy (non-hydrogen) atoms. The van der Waals surface area contributed by atoms with Gasteiger partial charge in [0.1, 0.15) is 18.7 Å². The number of ketones is 1. The van der Waals surface area contributed by atoms with Crippen molar-refractivity contribution in [2.45, 2.75) is 44.5 Å². The Bertz CT molecular complexity index is 838. The summed E-state index contributed by atoms with van der Waals surface area (Å²) >= 11 is 0. The molecule has 154 valence electrons. The molecule has 1 aromatic rings.